The van der Waals surface area contributed by atoms with E-state index in [9.17, 15) is 29.1 Å². The summed E-state index contributed by atoms with van der Waals surface area (Å²) >= 11 is 0. The van der Waals surface area contributed by atoms with Gasteiger partial charge in [0, 0.05) is 13.0 Å². The minimum atomic E-state index is -1.40. The number of carboxylic acids is 1. The lowest BCUT2D eigenvalue weighted by molar-refractivity contribution is -0.142. The Balaban J connectivity index is 5.67. The molecule has 0 aromatic carbocycles. The fourth-order valence-corrected chi connectivity index (χ4v) is 3.52. The van der Waals surface area contributed by atoms with E-state index in [4.69, 9.17) is 28.7 Å². The largest absolute Gasteiger partial charge is 0.480 e. The van der Waals surface area contributed by atoms with Crippen molar-refractivity contribution in [2.45, 2.75) is 89.4 Å². The molecule has 0 aliphatic rings. The van der Waals surface area contributed by atoms with E-state index in [0.717, 1.165) is 0 Å². The van der Waals surface area contributed by atoms with E-state index in [1.807, 2.05) is 13.8 Å². The first-order valence-electron chi connectivity index (χ1n) is 12.7. The van der Waals surface area contributed by atoms with Crippen LogP contribution in [0.25, 0.3) is 0 Å². The van der Waals surface area contributed by atoms with Crippen molar-refractivity contribution < 1.29 is 29.1 Å². The van der Waals surface area contributed by atoms with Gasteiger partial charge in [-0.3, -0.25) is 24.2 Å². The van der Waals surface area contributed by atoms with Gasteiger partial charge in [-0.05, 0) is 57.4 Å². The predicted molar refractivity (Wildman–Crippen MR) is 142 cm³/mol. The summed E-state index contributed by atoms with van der Waals surface area (Å²) in [5.74, 6) is -4.00. The number of rotatable bonds is 20. The van der Waals surface area contributed by atoms with Crippen LogP contribution in [0.5, 0.6) is 0 Å². The number of primary amides is 1. The van der Waals surface area contributed by atoms with E-state index >= 15 is 0 Å². The summed E-state index contributed by atoms with van der Waals surface area (Å²) in [7, 11) is 0. The predicted octanol–water partition coefficient (Wildman–Crippen LogP) is -2.65. The van der Waals surface area contributed by atoms with Crippen molar-refractivity contribution in [2.24, 2.45) is 39.6 Å². The van der Waals surface area contributed by atoms with Gasteiger partial charge in [-0.2, -0.15) is 0 Å². The van der Waals surface area contributed by atoms with Gasteiger partial charge in [0.05, 0.1) is 6.04 Å². The molecule has 38 heavy (non-hydrogen) atoms. The summed E-state index contributed by atoms with van der Waals surface area (Å²) in [6.07, 6.45) is 1.67. The van der Waals surface area contributed by atoms with Crippen LogP contribution in [-0.2, 0) is 24.0 Å². The Kier molecular flexibility index (Phi) is 17.0. The summed E-state index contributed by atoms with van der Waals surface area (Å²) in [4.78, 5) is 65.3. The van der Waals surface area contributed by atoms with E-state index in [1.54, 1.807) is 0 Å². The lowest BCUT2D eigenvalue weighted by Gasteiger charge is -2.25. The zero-order chi connectivity index (χ0) is 29.3. The Hall–Kier alpha value is -3.46. The highest BCUT2D eigenvalue weighted by Gasteiger charge is 2.30. The number of aliphatic imine (C=N–C) groups is 1. The first kappa shape index (κ1) is 34.5. The molecule has 0 aliphatic carbocycles. The Bertz CT molecular complexity index is 817. The minimum absolute atomic E-state index is 0.0623. The van der Waals surface area contributed by atoms with Crippen LogP contribution in [0.4, 0.5) is 0 Å². The Morgan fingerprint density at radius 3 is 1.79 bits per heavy atom. The molecular formula is C23H45N9O6. The average Bonchev–Trinajstić information content (AvgIpc) is 2.81. The molecule has 4 atom stereocenters. The molecule has 0 fully saturated rings. The van der Waals surface area contributed by atoms with Crippen LogP contribution in [0.2, 0.25) is 0 Å². The summed E-state index contributed by atoms with van der Waals surface area (Å²) in [5.41, 5.74) is 27.2. The van der Waals surface area contributed by atoms with Gasteiger partial charge in [0.2, 0.25) is 23.6 Å². The van der Waals surface area contributed by atoms with E-state index < -0.39 is 53.8 Å². The monoisotopic (exact) mass is 543 g/mol. The lowest BCUT2D eigenvalue weighted by atomic mass is 10.0. The molecule has 0 aromatic heterocycles. The molecule has 4 unspecified atom stereocenters. The van der Waals surface area contributed by atoms with Crippen molar-refractivity contribution in [3.63, 3.8) is 0 Å². The number of unbranched alkanes of at least 4 members (excludes halogenated alkanes) is 1. The quantitative estimate of drug-likeness (QED) is 0.0436. The van der Waals surface area contributed by atoms with E-state index in [1.165, 1.54) is 0 Å². The number of hydrogen-bond donors (Lipinski definition) is 9. The standard InChI is InChI=1S/C23H45N9O6/c1-13(2)12-14(25)19(34)30-15(6-3-4-10-24)20(35)31-16(7-5-11-29-23(27)28)21(36)32-17(22(37)38)8-9-18(26)33/h13-17H,3-12,24-25H2,1-2H3,(H2,26,33)(H,30,34)(H,31,35)(H,32,36)(H,37,38)(H4,27,28,29). The van der Waals surface area contributed by atoms with Crippen molar-refractivity contribution >= 4 is 35.6 Å². The Labute approximate surface area is 223 Å². The average molecular weight is 544 g/mol. The first-order valence-corrected chi connectivity index (χ1v) is 12.7. The zero-order valence-electron chi connectivity index (χ0n) is 22.3. The molecule has 0 bridgehead atoms. The van der Waals surface area contributed by atoms with Gasteiger partial charge < -0.3 is 49.7 Å². The van der Waals surface area contributed by atoms with Gasteiger partial charge in [-0.25, -0.2) is 4.79 Å². The topological polar surface area (TPSA) is 284 Å². The van der Waals surface area contributed by atoms with Gasteiger partial charge in [0.15, 0.2) is 5.96 Å². The lowest BCUT2D eigenvalue weighted by Crippen LogP contribution is -2.57. The highest BCUT2D eigenvalue weighted by Crippen LogP contribution is 2.08. The van der Waals surface area contributed by atoms with Crippen molar-refractivity contribution in [1.29, 1.82) is 0 Å². The summed E-state index contributed by atoms with van der Waals surface area (Å²) in [6.45, 7) is 4.38. The second-order valence-electron chi connectivity index (χ2n) is 9.50. The number of guanidine groups is 1. The van der Waals surface area contributed by atoms with Crippen molar-refractivity contribution in [3.05, 3.63) is 0 Å². The highest BCUT2D eigenvalue weighted by atomic mass is 16.4. The Morgan fingerprint density at radius 2 is 1.32 bits per heavy atom. The van der Waals surface area contributed by atoms with Crippen LogP contribution < -0.4 is 44.6 Å². The molecule has 0 rings (SSSR count). The number of carbonyl (C=O) groups is 5. The van der Waals surface area contributed by atoms with Crippen molar-refractivity contribution in [2.75, 3.05) is 13.1 Å². The minimum Gasteiger partial charge on any atom is -0.480 e. The zero-order valence-corrected chi connectivity index (χ0v) is 22.3. The molecule has 14 N–H and O–H groups in total. The normalized spacial score (nSPS) is 14.0. The van der Waals surface area contributed by atoms with E-state index in [2.05, 4.69) is 20.9 Å². The van der Waals surface area contributed by atoms with Crippen LogP contribution in [0.15, 0.2) is 4.99 Å². The molecule has 0 saturated heterocycles. The van der Waals surface area contributed by atoms with Gasteiger partial charge >= 0.3 is 5.97 Å². The number of amides is 4. The maximum absolute atomic E-state index is 13.2. The third-order valence-electron chi connectivity index (χ3n) is 5.51. The number of carboxylic acid groups (broad SMARTS) is 1. The smallest absolute Gasteiger partial charge is 0.326 e. The van der Waals surface area contributed by atoms with Gasteiger partial charge in [-0.15, -0.1) is 0 Å². The number of aliphatic carboxylic acids is 1. The molecule has 15 heteroatoms. The first-order chi connectivity index (χ1) is 17.8. The van der Waals surface area contributed by atoms with Crippen LogP contribution in [0.3, 0.4) is 0 Å². The molecule has 0 heterocycles. The molecule has 4 amide bonds. The summed E-state index contributed by atoms with van der Waals surface area (Å²) in [6, 6.07) is -4.39. The van der Waals surface area contributed by atoms with Gasteiger partial charge in [0.1, 0.15) is 18.1 Å². The molecule has 15 nitrogen and oxygen atoms in total. The van der Waals surface area contributed by atoms with Crippen molar-refractivity contribution in [1.82, 2.24) is 16.0 Å². The van der Waals surface area contributed by atoms with Crippen LogP contribution >= 0.6 is 0 Å². The van der Waals surface area contributed by atoms with E-state index in [-0.39, 0.29) is 50.5 Å². The molecule has 0 saturated carbocycles. The highest BCUT2D eigenvalue weighted by molar-refractivity contribution is 5.94. The maximum atomic E-state index is 13.2. The fourth-order valence-electron chi connectivity index (χ4n) is 3.52. The SMILES string of the molecule is CC(C)CC(N)C(=O)NC(CCCCN)C(=O)NC(CCCN=C(N)N)C(=O)NC(CCC(N)=O)C(=O)O. The fraction of sp³-hybridized carbons (Fsp3) is 0.739. The van der Waals surface area contributed by atoms with Crippen molar-refractivity contribution in [3.8, 4) is 0 Å². The maximum Gasteiger partial charge on any atom is 0.326 e. The number of nitrogens with zero attached hydrogens (tertiary/aromatic N) is 1. The molecule has 0 aliphatic heterocycles. The summed E-state index contributed by atoms with van der Waals surface area (Å²) < 4.78 is 0. The van der Waals surface area contributed by atoms with Crippen LogP contribution in [0.1, 0.15) is 65.2 Å². The summed E-state index contributed by atoms with van der Waals surface area (Å²) in [5, 5.41) is 17.0. The van der Waals surface area contributed by atoms with Gasteiger partial charge in [0.25, 0.3) is 0 Å². The molecular weight excluding hydrogens is 498 g/mol. The van der Waals surface area contributed by atoms with Gasteiger partial charge in [-0.1, -0.05) is 13.8 Å². The molecule has 0 aromatic rings. The second kappa shape index (κ2) is 18.7. The number of hydrogen-bond acceptors (Lipinski definition) is 8. The molecule has 218 valence electrons. The number of nitrogens with one attached hydrogen (secondary N) is 3. The third kappa shape index (κ3) is 15.6. The third-order valence-corrected chi connectivity index (χ3v) is 5.51. The second-order valence-corrected chi connectivity index (χ2v) is 9.50. The molecule has 0 spiro atoms. The number of nitrogens with two attached hydrogens (primary N) is 5. The Morgan fingerprint density at radius 1 is 0.789 bits per heavy atom. The van der Waals surface area contributed by atoms with E-state index in [0.29, 0.717) is 25.8 Å². The van der Waals surface area contributed by atoms with Crippen LogP contribution in [-0.4, -0.2) is 77.9 Å². The van der Waals surface area contributed by atoms with Crippen LogP contribution in [0, 0.1) is 5.92 Å². The number of carbonyl (C=O) groups excluding carboxylic acids is 4. The molecule has 0 radical (unpaired) electrons.